The minimum absolute atomic E-state index is 0.257. The van der Waals surface area contributed by atoms with E-state index in [1.807, 2.05) is 27.7 Å². The molecular formula is C15H20N8O2. The van der Waals surface area contributed by atoms with Gasteiger partial charge < -0.3 is 0 Å². The molecule has 0 spiro atoms. The van der Waals surface area contributed by atoms with Gasteiger partial charge in [-0.15, -0.1) is 0 Å². The summed E-state index contributed by atoms with van der Waals surface area (Å²) < 4.78 is 0. The largest absolute Gasteiger partial charge is 0.273 e. The Morgan fingerprint density at radius 2 is 1.04 bits per heavy atom. The molecule has 0 saturated carbocycles. The van der Waals surface area contributed by atoms with E-state index >= 15 is 0 Å². The molecule has 25 heavy (non-hydrogen) atoms. The fraction of sp³-hybridized carbons (Fsp3) is 0.333. The molecule has 0 bridgehead atoms. The minimum Gasteiger partial charge on any atom is -0.273 e. The summed E-state index contributed by atoms with van der Waals surface area (Å²) in [5, 5.41) is 0. The van der Waals surface area contributed by atoms with Crippen LogP contribution in [0.4, 0.5) is 11.9 Å². The first-order valence-electron chi connectivity index (χ1n) is 7.56. The van der Waals surface area contributed by atoms with Crippen molar-refractivity contribution in [3.05, 3.63) is 34.9 Å². The minimum atomic E-state index is -0.539. The number of hydrazine groups is 2. The number of aromatic nitrogens is 4. The second-order valence-corrected chi connectivity index (χ2v) is 5.47. The number of hydrogen-bond donors (Lipinski definition) is 4. The molecular weight excluding hydrogens is 324 g/mol. The normalized spacial score (nSPS) is 10.1. The Balaban J connectivity index is 1.78. The Morgan fingerprint density at radius 3 is 1.36 bits per heavy atom. The van der Waals surface area contributed by atoms with Crippen molar-refractivity contribution >= 4 is 23.7 Å². The highest BCUT2D eigenvalue weighted by Crippen LogP contribution is 2.03. The standard InChI is InChI=1S/C15H20N8O2/c1-8-5-9(2)17-14(16-8)22-20-12(24)7-13(25)21-23-15-18-10(3)6-11(4)19-15/h5-6H,7H2,1-4H3,(H,20,24)(H,21,25)(H,16,17,22)(H,18,19,23). The summed E-state index contributed by atoms with van der Waals surface area (Å²) in [6, 6.07) is 3.61. The maximum atomic E-state index is 11.8. The van der Waals surface area contributed by atoms with Crippen LogP contribution in [0.1, 0.15) is 29.2 Å². The predicted molar refractivity (Wildman–Crippen MR) is 91.2 cm³/mol. The van der Waals surface area contributed by atoms with Crippen LogP contribution in [-0.2, 0) is 9.59 Å². The van der Waals surface area contributed by atoms with Gasteiger partial charge in [-0.1, -0.05) is 0 Å². The fourth-order valence-electron chi connectivity index (χ4n) is 2.05. The van der Waals surface area contributed by atoms with Crippen LogP contribution in [0, 0.1) is 27.7 Å². The molecule has 2 heterocycles. The van der Waals surface area contributed by atoms with Gasteiger partial charge in [0.05, 0.1) is 0 Å². The van der Waals surface area contributed by atoms with Crippen LogP contribution in [0.3, 0.4) is 0 Å². The zero-order valence-electron chi connectivity index (χ0n) is 14.5. The summed E-state index contributed by atoms with van der Waals surface area (Å²) in [7, 11) is 0. The molecule has 0 atom stereocenters. The summed E-state index contributed by atoms with van der Waals surface area (Å²) >= 11 is 0. The maximum Gasteiger partial charge on any atom is 0.247 e. The molecule has 2 aromatic heterocycles. The summed E-state index contributed by atoms with van der Waals surface area (Å²) in [6.07, 6.45) is -0.393. The molecule has 2 rings (SSSR count). The quantitative estimate of drug-likeness (QED) is 0.439. The highest BCUT2D eigenvalue weighted by atomic mass is 16.2. The lowest BCUT2D eigenvalue weighted by Gasteiger charge is -2.10. The van der Waals surface area contributed by atoms with Gasteiger partial charge in [0, 0.05) is 22.8 Å². The Labute approximate surface area is 144 Å². The molecule has 0 aliphatic carbocycles. The van der Waals surface area contributed by atoms with Gasteiger partial charge in [-0.25, -0.2) is 19.9 Å². The second-order valence-electron chi connectivity index (χ2n) is 5.47. The van der Waals surface area contributed by atoms with Crippen molar-refractivity contribution in [2.45, 2.75) is 34.1 Å². The number of hydrogen-bond acceptors (Lipinski definition) is 8. The third kappa shape index (κ3) is 6.01. The lowest BCUT2D eigenvalue weighted by molar-refractivity contribution is -0.128. The van der Waals surface area contributed by atoms with E-state index in [0.29, 0.717) is 0 Å². The van der Waals surface area contributed by atoms with Crippen LogP contribution in [0.25, 0.3) is 0 Å². The molecule has 0 aliphatic rings. The summed E-state index contributed by atoms with van der Waals surface area (Å²) in [4.78, 5) is 40.0. The first-order chi connectivity index (χ1) is 11.8. The number of anilines is 2. The SMILES string of the molecule is Cc1cc(C)nc(NNC(=O)CC(=O)NNc2nc(C)cc(C)n2)n1. The Morgan fingerprint density at radius 1 is 0.720 bits per heavy atom. The van der Waals surface area contributed by atoms with Crippen molar-refractivity contribution in [2.75, 3.05) is 10.9 Å². The molecule has 2 amide bonds. The average molecular weight is 344 g/mol. The Hall–Kier alpha value is -3.30. The molecule has 2 aromatic rings. The van der Waals surface area contributed by atoms with E-state index in [9.17, 15) is 9.59 Å². The molecule has 0 fully saturated rings. The monoisotopic (exact) mass is 344 g/mol. The molecule has 10 heteroatoms. The average Bonchev–Trinajstić information content (AvgIpc) is 2.49. The van der Waals surface area contributed by atoms with Crippen LogP contribution in [0.15, 0.2) is 12.1 Å². The summed E-state index contributed by atoms with van der Waals surface area (Å²) in [5.74, 6) is -0.562. The molecule has 132 valence electrons. The third-order valence-electron chi connectivity index (χ3n) is 2.91. The summed E-state index contributed by atoms with van der Waals surface area (Å²) in [5.41, 5.74) is 12.9. The number of rotatable bonds is 6. The van der Waals surface area contributed by atoms with Crippen LogP contribution in [0.5, 0.6) is 0 Å². The van der Waals surface area contributed by atoms with E-state index in [-0.39, 0.29) is 11.9 Å². The predicted octanol–water partition coefficient (Wildman–Crippen LogP) is 0.477. The molecule has 4 N–H and O–H groups in total. The van der Waals surface area contributed by atoms with E-state index < -0.39 is 18.2 Å². The number of aryl methyl sites for hydroxylation is 4. The van der Waals surface area contributed by atoms with Crippen molar-refractivity contribution in [1.29, 1.82) is 0 Å². The van der Waals surface area contributed by atoms with E-state index in [1.165, 1.54) is 0 Å². The number of amides is 2. The number of carbonyl (C=O) groups excluding carboxylic acids is 2. The van der Waals surface area contributed by atoms with Crippen molar-refractivity contribution in [3.63, 3.8) is 0 Å². The van der Waals surface area contributed by atoms with Crippen molar-refractivity contribution in [3.8, 4) is 0 Å². The number of nitrogens with zero attached hydrogens (tertiary/aromatic N) is 4. The molecule has 0 aliphatic heterocycles. The van der Waals surface area contributed by atoms with Crippen LogP contribution in [-0.4, -0.2) is 31.8 Å². The Kier molecular flexibility index (Phi) is 5.77. The highest BCUT2D eigenvalue weighted by Gasteiger charge is 2.10. The second kappa shape index (κ2) is 7.99. The van der Waals surface area contributed by atoms with Crippen molar-refractivity contribution in [2.24, 2.45) is 0 Å². The topological polar surface area (TPSA) is 134 Å². The highest BCUT2D eigenvalue weighted by molar-refractivity contribution is 5.97. The molecule has 0 saturated heterocycles. The fourth-order valence-corrected chi connectivity index (χ4v) is 2.05. The van der Waals surface area contributed by atoms with E-state index in [2.05, 4.69) is 41.6 Å². The number of nitrogens with one attached hydrogen (secondary N) is 4. The van der Waals surface area contributed by atoms with Gasteiger partial charge in [0.2, 0.25) is 23.7 Å². The lowest BCUT2D eigenvalue weighted by atomic mass is 10.4. The van der Waals surface area contributed by atoms with Gasteiger partial charge in [-0.2, -0.15) is 0 Å². The van der Waals surface area contributed by atoms with Crippen molar-refractivity contribution < 1.29 is 9.59 Å². The van der Waals surface area contributed by atoms with Crippen LogP contribution < -0.4 is 21.7 Å². The van der Waals surface area contributed by atoms with Gasteiger partial charge in [-0.3, -0.25) is 31.3 Å². The molecule has 0 aromatic carbocycles. The number of carbonyl (C=O) groups is 2. The van der Waals surface area contributed by atoms with Gasteiger partial charge in [0.1, 0.15) is 6.42 Å². The zero-order valence-corrected chi connectivity index (χ0v) is 14.5. The van der Waals surface area contributed by atoms with Crippen LogP contribution >= 0.6 is 0 Å². The van der Waals surface area contributed by atoms with Gasteiger partial charge >= 0.3 is 0 Å². The smallest absolute Gasteiger partial charge is 0.247 e. The lowest BCUT2D eigenvalue weighted by Crippen LogP contribution is -2.37. The van der Waals surface area contributed by atoms with Gasteiger partial charge in [-0.05, 0) is 39.8 Å². The zero-order chi connectivity index (χ0) is 18.4. The first kappa shape index (κ1) is 18.0. The van der Waals surface area contributed by atoms with E-state index in [4.69, 9.17) is 0 Å². The Bertz CT molecular complexity index is 687. The molecule has 0 radical (unpaired) electrons. The van der Waals surface area contributed by atoms with E-state index in [0.717, 1.165) is 22.8 Å². The molecule has 0 unspecified atom stereocenters. The van der Waals surface area contributed by atoms with E-state index in [1.54, 1.807) is 12.1 Å². The maximum absolute atomic E-state index is 11.8. The molecule has 10 nitrogen and oxygen atoms in total. The summed E-state index contributed by atoms with van der Waals surface area (Å²) in [6.45, 7) is 7.26. The first-order valence-corrected chi connectivity index (χ1v) is 7.56. The van der Waals surface area contributed by atoms with Crippen LogP contribution in [0.2, 0.25) is 0 Å². The van der Waals surface area contributed by atoms with Crippen molar-refractivity contribution in [1.82, 2.24) is 30.8 Å². The van der Waals surface area contributed by atoms with Gasteiger partial charge in [0.15, 0.2) is 0 Å². The third-order valence-corrected chi connectivity index (χ3v) is 2.91. The van der Waals surface area contributed by atoms with Gasteiger partial charge in [0.25, 0.3) is 0 Å².